The van der Waals surface area contributed by atoms with Crippen molar-refractivity contribution in [2.45, 2.75) is 6.10 Å². The highest BCUT2D eigenvalue weighted by molar-refractivity contribution is 5.79. The average molecular weight is 258 g/mol. The first-order valence-corrected chi connectivity index (χ1v) is 6.28. The van der Waals surface area contributed by atoms with E-state index >= 15 is 0 Å². The number of ether oxygens (including phenoxy) is 1. The monoisotopic (exact) mass is 258 g/mol. The van der Waals surface area contributed by atoms with Crippen LogP contribution in [0.25, 0.3) is 11.1 Å². The summed E-state index contributed by atoms with van der Waals surface area (Å²) in [4.78, 5) is 0. The molecule has 1 heterocycles. The lowest BCUT2D eigenvalue weighted by atomic mass is 10.0. The molecule has 0 saturated carbocycles. The Balaban J connectivity index is 2.11. The van der Waals surface area contributed by atoms with Crippen LogP contribution >= 0.6 is 0 Å². The Kier molecular flexibility index (Phi) is 3.09. The molecule has 19 heavy (non-hydrogen) atoms. The summed E-state index contributed by atoms with van der Waals surface area (Å²) in [5.41, 5.74) is 7.81. The second-order valence-electron chi connectivity index (χ2n) is 4.52. The number of rotatable bonds is 2. The highest BCUT2D eigenvalue weighted by Crippen LogP contribution is 2.39. The molecule has 1 aliphatic heterocycles. The molecule has 3 N–H and O–H groups in total. The van der Waals surface area contributed by atoms with E-state index in [9.17, 15) is 4.39 Å². The summed E-state index contributed by atoms with van der Waals surface area (Å²) in [6, 6.07) is 12.4. The van der Waals surface area contributed by atoms with E-state index in [-0.39, 0.29) is 11.9 Å². The minimum absolute atomic E-state index is 0.0829. The summed E-state index contributed by atoms with van der Waals surface area (Å²) in [5, 5.41) is 3.27. The van der Waals surface area contributed by atoms with Crippen LogP contribution < -0.4 is 15.8 Å². The van der Waals surface area contributed by atoms with Crippen molar-refractivity contribution in [3.63, 3.8) is 0 Å². The Bertz CT molecular complexity index is 600. The van der Waals surface area contributed by atoms with E-state index in [4.69, 9.17) is 10.5 Å². The molecule has 1 aliphatic rings. The van der Waals surface area contributed by atoms with E-state index < -0.39 is 0 Å². The molecule has 0 radical (unpaired) electrons. The van der Waals surface area contributed by atoms with E-state index in [1.165, 1.54) is 6.07 Å². The van der Waals surface area contributed by atoms with Crippen LogP contribution in [-0.2, 0) is 0 Å². The first-order valence-electron chi connectivity index (χ1n) is 6.28. The number of hydrogen-bond donors (Lipinski definition) is 2. The molecular formula is C15H15FN2O. The number of halogens is 1. The van der Waals surface area contributed by atoms with Crippen molar-refractivity contribution in [2.75, 3.05) is 18.4 Å². The van der Waals surface area contributed by atoms with Crippen LogP contribution in [-0.4, -0.2) is 19.2 Å². The number of para-hydroxylation sites is 1. The molecule has 3 rings (SSSR count). The molecule has 0 bridgehead atoms. The highest BCUT2D eigenvalue weighted by atomic mass is 19.1. The van der Waals surface area contributed by atoms with Gasteiger partial charge in [0, 0.05) is 17.7 Å². The van der Waals surface area contributed by atoms with Crippen LogP contribution in [0.3, 0.4) is 0 Å². The van der Waals surface area contributed by atoms with Crippen molar-refractivity contribution in [3.05, 3.63) is 48.3 Å². The quantitative estimate of drug-likeness (QED) is 0.870. The number of anilines is 1. The summed E-state index contributed by atoms with van der Waals surface area (Å²) in [7, 11) is 0. The predicted octanol–water partition coefficient (Wildman–Crippen LogP) is 2.62. The smallest absolute Gasteiger partial charge is 0.150 e. The van der Waals surface area contributed by atoms with Gasteiger partial charge in [-0.15, -0.1) is 0 Å². The van der Waals surface area contributed by atoms with Crippen molar-refractivity contribution in [2.24, 2.45) is 5.73 Å². The molecule has 0 aromatic heterocycles. The first-order chi connectivity index (χ1) is 9.29. The van der Waals surface area contributed by atoms with Gasteiger partial charge in [-0.3, -0.25) is 0 Å². The van der Waals surface area contributed by atoms with Crippen LogP contribution in [0.1, 0.15) is 0 Å². The molecule has 1 unspecified atom stereocenters. The van der Waals surface area contributed by atoms with Gasteiger partial charge in [0.15, 0.2) is 5.75 Å². The van der Waals surface area contributed by atoms with Gasteiger partial charge in [0.1, 0.15) is 11.9 Å². The molecule has 0 amide bonds. The Morgan fingerprint density at radius 1 is 1.16 bits per heavy atom. The van der Waals surface area contributed by atoms with Gasteiger partial charge in [0.2, 0.25) is 0 Å². The molecule has 0 spiro atoms. The van der Waals surface area contributed by atoms with E-state index in [0.29, 0.717) is 24.4 Å². The number of nitrogens with one attached hydrogen (secondary N) is 1. The first kappa shape index (κ1) is 12.0. The Hall–Kier alpha value is -2.07. The summed E-state index contributed by atoms with van der Waals surface area (Å²) in [5.74, 6) is 0.420. The van der Waals surface area contributed by atoms with Crippen LogP contribution in [0.2, 0.25) is 0 Å². The lowest BCUT2D eigenvalue weighted by molar-refractivity contribution is 0.215. The summed E-state index contributed by atoms with van der Waals surface area (Å²) in [6.45, 7) is 1.10. The van der Waals surface area contributed by atoms with Crippen molar-refractivity contribution >= 4 is 5.69 Å². The Morgan fingerprint density at radius 2 is 1.95 bits per heavy atom. The van der Waals surface area contributed by atoms with Crippen molar-refractivity contribution in [1.82, 2.24) is 0 Å². The number of hydrogen-bond acceptors (Lipinski definition) is 3. The molecular weight excluding hydrogens is 243 g/mol. The third-order valence-electron chi connectivity index (χ3n) is 3.25. The van der Waals surface area contributed by atoms with Gasteiger partial charge in [0.25, 0.3) is 0 Å². The molecule has 0 fully saturated rings. The SMILES string of the molecule is NCC1CNc2cccc(-c3ccccc3F)c2O1. The summed E-state index contributed by atoms with van der Waals surface area (Å²) < 4.78 is 19.8. The molecule has 98 valence electrons. The number of fused-ring (bicyclic) bond motifs is 1. The van der Waals surface area contributed by atoms with Crippen LogP contribution in [0.15, 0.2) is 42.5 Å². The largest absolute Gasteiger partial charge is 0.484 e. The molecule has 4 heteroatoms. The normalized spacial score (nSPS) is 17.3. The van der Waals surface area contributed by atoms with Gasteiger partial charge in [-0.1, -0.05) is 30.3 Å². The molecule has 3 nitrogen and oxygen atoms in total. The van der Waals surface area contributed by atoms with E-state index in [1.54, 1.807) is 12.1 Å². The van der Waals surface area contributed by atoms with Gasteiger partial charge in [0.05, 0.1) is 12.2 Å². The van der Waals surface area contributed by atoms with Crippen molar-refractivity contribution < 1.29 is 9.13 Å². The molecule has 2 aromatic carbocycles. The lowest BCUT2D eigenvalue weighted by Gasteiger charge is -2.28. The molecule has 0 aliphatic carbocycles. The zero-order valence-electron chi connectivity index (χ0n) is 10.4. The average Bonchev–Trinajstić information content (AvgIpc) is 2.47. The Morgan fingerprint density at radius 3 is 2.74 bits per heavy atom. The summed E-state index contributed by atoms with van der Waals surface area (Å²) >= 11 is 0. The van der Waals surface area contributed by atoms with Crippen LogP contribution in [0.4, 0.5) is 10.1 Å². The van der Waals surface area contributed by atoms with Crippen molar-refractivity contribution in [3.8, 4) is 16.9 Å². The zero-order valence-corrected chi connectivity index (χ0v) is 10.4. The fourth-order valence-corrected chi connectivity index (χ4v) is 2.26. The number of benzene rings is 2. The maximum atomic E-state index is 13.9. The van der Waals surface area contributed by atoms with Gasteiger partial charge in [-0.25, -0.2) is 4.39 Å². The fourth-order valence-electron chi connectivity index (χ4n) is 2.26. The van der Waals surface area contributed by atoms with E-state index in [1.807, 2.05) is 24.3 Å². The standard InChI is InChI=1S/C15H15FN2O/c16-13-6-2-1-4-11(13)12-5-3-7-14-15(12)19-10(8-17)9-18-14/h1-7,10,18H,8-9,17H2. The lowest BCUT2D eigenvalue weighted by Crippen LogP contribution is -2.37. The molecule has 2 aromatic rings. The molecule has 1 atom stereocenters. The van der Waals surface area contributed by atoms with Crippen LogP contribution in [0, 0.1) is 5.82 Å². The highest BCUT2D eigenvalue weighted by Gasteiger charge is 2.22. The molecule has 0 saturated heterocycles. The van der Waals surface area contributed by atoms with Gasteiger partial charge >= 0.3 is 0 Å². The van der Waals surface area contributed by atoms with Crippen LogP contribution in [0.5, 0.6) is 5.75 Å². The zero-order chi connectivity index (χ0) is 13.2. The van der Waals surface area contributed by atoms with Gasteiger partial charge in [-0.05, 0) is 12.1 Å². The minimum Gasteiger partial charge on any atom is -0.484 e. The van der Waals surface area contributed by atoms with Gasteiger partial charge < -0.3 is 15.8 Å². The van der Waals surface area contributed by atoms with Gasteiger partial charge in [-0.2, -0.15) is 0 Å². The number of nitrogens with two attached hydrogens (primary N) is 1. The van der Waals surface area contributed by atoms with E-state index in [0.717, 1.165) is 11.3 Å². The second-order valence-corrected chi connectivity index (χ2v) is 4.52. The maximum Gasteiger partial charge on any atom is 0.150 e. The third kappa shape index (κ3) is 2.15. The summed E-state index contributed by atoms with van der Waals surface area (Å²) in [6.07, 6.45) is -0.0829. The fraction of sp³-hybridized carbons (Fsp3) is 0.200. The minimum atomic E-state index is -0.255. The Labute approximate surface area is 111 Å². The predicted molar refractivity (Wildman–Crippen MR) is 73.8 cm³/mol. The van der Waals surface area contributed by atoms with E-state index in [2.05, 4.69) is 5.32 Å². The topological polar surface area (TPSA) is 47.3 Å². The third-order valence-corrected chi connectivity index (χ3v) is 3.25. The maximum absolute atomic E-state index is 13.9. The second kappa shape index (κ2) is 4.90. The van der Waals surface area contributed by atoms with Crippen molar-refractivity contribution in [1.29, 1.82) is 0 Å².